The highest BCUT2D eigenvalue weighted by Gasteiger charge is 2.04. The highest BCUT2D eigenvalue weighted by Crippen LogP contribution is 2.09. The van der Waals surface area contributed by atoms with Gasteiger partial charge in [0.15, 0.2) is 0 Å². The molecule has 1 aromatic rings. The van der Waals surface area contributed by atoms with Gasteiger partial charge < -0.3 is 5.32 Å². The Morgan fingerprint density at radius 2 is 1.80 bits per heavy atom. The molecule has 0 heterocycles. The summed E-state index contributed by atoms with van der Waals surface area (Å²) >= 11 is 0. The summed E-state index contributed by atoms with van der Waals surface area (Å²) in [5.41, 5.74) is 0.752. The Morgan fingerprint density at radius 3 is 2.20 bits per heavy atom. The largest absolute Gasteiger partial charge is 0.355 e. The van der Waals surface area contributed by atoms with Crippen LogP contribution >= 0.6 is 0 Å². The van der Waals surface area contributed by atoms with Gasteiger partial charge in [-0.25, -0.2) is 5.14 Å². The van der Waals surface area contributed by atoms with E-state index in [0.717, 1.165) is 0 Å². The van der Waals surface area contributed by atoms with Gasteiger partial charge in [-0.2, -0.15) is 8.42 Å². The molecule has 0 atom stereocenters. The summed E-state index contributed by atoms with van der Waals surface area (Å²) in [6.07, 6.45) is 0. The summed E-state index contributed by atoms with van der Waals surface area (Å²) in [5.74, 6) is -0.239. The second-order valence-corrected chi connectivity index (χ2v) is 4.10. The summed E-state index contributed by atoms with van der Waals surface area (Å²) in [7, 11) is -2.25. The second-order valence-electron chi connectivity index (χ2n) is 2.80. The maximum absolute atomic E-state index is 11.1. The molecule has 1 amide bonds. The molecule has 4 N–H and O–H groups in total. The molecule has 82 valence electrons. The van der Waals surface area contributed by atoms with Gasteiger partial charge >= 0.3 is 0 Å². The molecule has 0 fully saturated rings. The van der Waals surface area contributed by atoms with E-state index in [1.54, 1.807) is 0 Å². The fraction of sp³-hybridized carbons (Fsp3) is 0.125. The van der Waals surface area contributed by atoms with Gasteiger partial charge in [-0.15, -0.1) is 0 Å². The van der Waals surface area contributed by atoms with E-state index in [2.05, 4.69) is 10.0 Å². The summed E-state index contributed by atoms with van der Waals surface area (Å²) in [6, 6.07) is 5.89. The Balaban J connectivity index is 2.86. The van der Waals surface area contributed by atoms with Crippen LogP contribution in [0.4, 0.5) is 5.69 Å². The molecule has 1 aromatic carbocycles. The molecule has 0 saturated heterocycles. The summed E-state index contributed by atoms with van der Waals surface area (Å²) in [6.45, 7) is 0. The first kappa shape index (κ1) is 11.5. The van der Waals surface area contributed by atoms with Crippen LogP contribution in [0.2, 0.25) is 0 Å². The van der Waals surface area contributed by atoms with E-state index < -0.39 is 10.2 Å². The van der Waals surface area contributed by atoms with Crippen LogP contribution in [-0.4, -0.2) is 21.4 Å². The second kappa shape index (κ2) is 4.28. The lowest BCUT2D eigenvalue weighted by atomic mass is 10.2. The molecular weight excluding hydrogens is 218 g/mol. The number of nitrogens with two attached hydrogens (primary N) is 1. The molecular formula is C8H11N3O3S. The number of benzene rings is 1. The zero-order valence-corrected chi connectivity index (χ0v) is 8.84. The molecule has 0 aliphatic carbocycles. The molecule has 0 bridgehead atoms. The molecule has 0 spiro atoms. The predicted molar refractivity (Wildman–Crippen MR) is 56.6 cm³/mol. The number of carbonyl (C=O) groups excluding carboxylic acids is 1. The van der Waals surface area contributed by atoms with E-state index in [1.807, 2.05) is 0 Å². The van der Waals surface area contributed by atoms with Crippen molar-refractivity contribution >= 4 is 21.8 Å². The molecule has 0 radical (unpaired) electrons. The lowest BCUT2D eigenvalue weighted by molar-refractivity contribution is 0.0963. The van der Waals surface area contributed by atoms with Gasteiger partial charge in [-0.05, 0) is 24.3 Å². The van der Waals surface area contributed by atoms with Crippen molar-refractivity contribution in [2.24, 2.45) is 5.14 Å². The van der Waals surface area contributed by atoms with Crippen LogP contribution in [0.25, 0.3) is 0 Å². The van der Waals surface area contributed by atoms with Crippen molar-refractivity contribution in [3.63, 3.8) is 0 Å². The fourth-order valence-electron chi connectivity index (χ4n) is 0.998. The highest BCUT2D eigenvalue weighted by atomic mass is 32.2. The van der Waals surface area contributed by atoms with Crippen LogP contribution in [0, 0.1) is 0 Å². The summed E-state index contributed by atoms with van der Waals surface area (Å²) in [4.78, 5) is 11.1. The van der Waals surface area contributed by atoms with Gasteiger partial charge in [0.05, 0.1) is 0 Å². The molecule has 0 aliphatic heterocycles. The van der Waals surface area contributed by atoms with Gasteiger partial charge in [0, 0.05) is 18.3 Å². The van der Waals surface area contributed by atoms with Gasteiger partial charge in [0.2, 0.25) is 0 Å². The molecule has 15 heavy (non-hydrogen) atoms. The number of hydrogen-bond donors (Lipinski definition) is 3. The molecule has 0 aliphatic rings. The lowest BCUT2D eigenvalue weighted by Crippen LogP contribution is -2.22. The normalized spacial score (nSPS) is 10.8. The zero-order valence-electron chi connectivity index (χ0n) is 8.02. The van der Waals surface area contributed by atoms with E-state index >= 15 is 0 Å². The van der Waals surface area contributed by atoms with Crippen molar-refractivity contribution in [2.75, 3.05) is 11.8 Å². The highest BCUT2D eigenvalue weighted by molar-refractivity contribution is 7.90. The number of amides is 1. The molecule has 0 saturated carbocycles. The standard InChI is InChI=1S/C8H11N3O3S/c1-10-8(12)6-2-4-7(5-3-6)11-15(9,13)14/h2-5,11H,1H3,(H,10,12)(H2,9,13,14). The average Bonchev–Trinajstić information content (AvgIpc) is 2.15. The number of hydrogen-bond acceptors (Lipinski definition) is 3. The molecule has 6 nitrogen and oxygen atoms in total. The molecule has 1 rings (SSSR count). The summed E-state index contributed by atoms with van der Waals surface area (Å²) < 4.78 is 23.4. The Hall–Kier alpha value is -1.60. The van der Waals surface area contributed by atoms with Crippen molar-refractivity contribution in [2.45, 2.75) is 0 Å². The van der Waals surface area contributed by atoms with Crippen molar-refractivity contribution in [3.8, 4) is 0 Å². The number of nitrogens with one attached hydrogen (secondary N) is 2. The lowest BCUT2D eigenvalue weighted by Gasteiger charge is -2.04. The van der Waals surface area contributed by atoms with E-state index in [4.69, 9.17) is 5.14 Å². The zero-order chi connectivity index (χ0) is 11.5. The topological polar surface area (TPSA) is 101 Å². The van der Waals surface area contributed by atoms with Crippen LogP contribution < -0.4 is 15.2 Å². The minimum atomic E-state index is -3.77. The van der Waals surface area contributed by atoms with Gasteiger partial charge in [-0.3, -0.25) is 9.52 Å². The van der Waals surface area contributed by atoms with Crippen LogP contribution in [0.5, 0.6) is 0 Å². The third kappa shape index (κ3) is 3.56. The van der Waals surface area contributed by atoms with E-state index in [0.29, 0.717) is 11.3 Å². The smallest absolute Gasteiger partial charge is 0.296 e. The van der Waals surface area contributed by atoms with Crippen LogP contribution in [0.15, 0.2) is 24.3 Å². The van der Waals surface area contributed by atoms with Crippen molar-refractivity contribution < 1.29 is 13.2 Å². The number of anilines is 1. The first-order valence-electron chi connectivity index (χ1n) is 4.05. The Bertz CT molecular complexity index is 453. The minimum Gasteiger partial charge on any atom is -0.355 e. The Kier molecular flexibility index (Phi) is 3.28. The SMILES string of the molecule is CNC(=O)c1ccc(NS(N)(=O)=O)cc1. The quantitative estimate of drug-likeness (QED) is 0.661. The number of rotatable bonds is 3. The van der Waals surface area contributed by atoms with Crippen LogP contribution in [0.1, 0.15) is 10.4 Å². The first-order valence-corrected chi connectivity index (χ1v) is 5.59. The van der Waals surface area contributed by atoms with Crippen molar-refractivity contribution in [3.05, 3.63) is 29.8 Å². The first-order chi connectivity index (χ1) is 6.92. The van der Waals surface area contributed by atoms with Crippen LogP contribution in [-0.2, 0) is 10.2 Å². The third-order valence-corrected chi connectivity index (χ3v) is 2.15. The molecule has 0 unspecified atom stereocenters. The minimum absolute atomic E-state index is 0.239. The Labute approximate surface area is 87.7 Å². The average molecular weight is 229 g/mol. The van der Waals surface area contributed by atoms with Crippen molar-refractivity contribution in [1.82, 2.24) is 5.32 Å². The molecule has 7 heteroatoms. The van der Waals surface area contributed by atoms with Crippen molar-refractivity contribution in [1.29, 1.82) is 0 Å². The summed E-state index contributed by atoms with van der Waals surface area (Å²) in [5, 5.41) is 7.22. The predicted octanol–water partition coefficient (Wildman–Crippen LogP) is -0.338. The van der Waals surface area contributed by atoms with Gasteiger partial charge in [-0.1, -0.05) is 0 Å². The van der Waals surface area contributed by atoms with E-state index in [-0.39, 0.29) is 5.91 Å². The van der Waals surface area contributed by atoms with Crippen LogP contribution in [0.3, 0.4) is 0 Å². The van der Waals surface area contributed by atoms with Gasteiger partial charge in [0.1, 0.15) is 0 Å². The van der Waals surface area contributed by atoms with Gasteiger partial charge in [0.25, 0.3) is 16.1 Å². The maximum atomic E-state index is 11.1. The third-order valence-electron chi connectivity index (χ3n) is 1.63. The monoisotopic (exact) mass is 229 g/mol. The Morgan fingerprint density at radius 1 is 1.27 bits per heavy atom. The fourth-order valence-corrected chi connectivity index (χ4v) is 1.46. The molecule has 0 aromatic heterocycles. The number of carbonyl (C=O) groups is 1. The van der Waals surface area contributed by atoms with E-state index in [9.17, 15) is 13.2 Å². The maximum Gasteiger partial charge on any atom is 0.296 e. The van der Waals surface area contributed by atoms with E-state index in [1.165, 1.54) is 31.3 Å².